The molecule has 0 aliphatic carbocycles. The minimum atomic E-state index is -1.46. The Labute approximate surface area is 119 Å². The van der Waals surface area contributed by atoms with E-state index in [9.17, 15) is 25.0 Å². The first-order chi connectivity index (χ1) is 9.47. The molecule has 0 amide bonds. The Bertz CT molecular complexity index is 532. The number of benzene rings is 1. The Hall–Kier alpha value is -2.99. The molecule has 21 heavy (non-hydrogen) atoms. The van der Waals surface area contributed by atoms with Gasteiger partial charge in [0.05, 0.1) is 21.5 Å². The molecular formula is C12H12N2O7. The van der Waals surface area contributed by atoms with Crippen LogP contribution < -0.4 is 0 Å². The molecule has 0 atom stereocenters. The highest BCUT2D eigenvalue weighted by Crippen LogP contribution is 2.22. The molecule has 0 saturated carbocycles. The van der Waals surface area contributed by atoms with Crippen LogP contribution >= 0.6 is 0 Å². The molecule has 0 bridgehead atoms. The third kappa shape index (κ3) is 6.65. The lowest BCUT2D eigenvalue weighted by Crippen LogP contribution is -2.13. The minimum absolute atomic E-state index is 0.490. The number of nitrogens with zero attached hydrogens (tertiary/aromatic N) is 2. The molecule has 1 aromatic rings. The molecule has 0 aliphatic rings. The average molecular weight is 296 g/mol. The zero-order valence-corrected chi connectivity index (χ0v) is 11.1. The molecule has 0 fully saturated rings. The Balaban J connectivity index is 0.000000567. The SMILES string of the molecule is C#CC(C)(C)O.O=C(O)c1cc([N+](=O)[O-])cc([N+](=O)[O-])c1. The molecule has 9 heteroatoms. The number of hydrogen-bond donors (Lipinski definition) is 2. The topological polar surface area (TPSA) is 144 Å². The predicted molar refractivity (Wildman–Crippen MR) is 71.8 cm³/mol. The van der Waals surface area contributed by atoms with E-state index in [1.807, 2.05) is 0 Å². The van der Waals surface area contributed by atoms with Crippen LogP contribution in [0.1, 0.15) is 24.2 Å². The number of nitro groups is 2. The van der Waals surface area contributed by atoms with Crippen molar-refractivity contribution in [3.8, 4) is 12.3 Å². The van der Waals surface area contributed by atoms with Crippen LogP contribution in [-0.2, 0) is 0 Å². The largest absolute Gasteiger partial charge is 0.478 e. The second kappa shape index (κ2) is 6.97. The highest BCUT2D eigenvalue weighted by Gasteiger charge is 2.19. The first-order valence-electron chi connectivity index (χ1n) is 5.35. The van der Waals surface area contributed by atoms with Crippen LogP contribution in [0.3, 0.4) is 0 Å². The molecule has 0 spiro atoms. The van der Waals surface area contributed by atoms with Crippen molar-refractivity contribution >= 4 is 17.3 Å². The van der Waals surface area contributed by atoms with Crippen LogP contribution in [0, 0.1) is 32.6 Å². The summed E-state index contributed by atoms with van der Waals surface area (Å²) in [5.41, 5.74) is -2.67. The number of hydrogen-bond acceptors (Lipinski definition) is 6. The van der Waals surface area contributed by atoms with Gasteiger partial charge in [0.15, 0.2) is 0 Å². The van der Waals surface area contributed by atoms with E-state index in [1.165, 1.54) is 0 Å². The van der Waals surface area contributed by atoms with Crippen LogP contribution in [0.5, 0.6) is 0 Å². The van der Waals surface area contributed by atoms with Gasteiger partial charge in [0, 0.05) is 12.1 Å². The lowest BCUT2D eigenvalue weighted by molar-refractivity contribution is -0.394. The summed E-state index contributed by atoms with van der Waals surface area (Å²) in [4.78, 5) is 29.4. The van der Waals surface area contributed by atoms with E-state index in [0.29, 0.717) is 6.07 Å². The summed E-state index contributed by atoms with van der Waals surface area (Å²) in [6.07, 6.45) is 4.81. The third-order valence-corrected chi connectivity index (χ3v) is 1.92. The minimum Gasteiger partial charge on any atom is -0.478 e. The number of rotatable bonds is 3. The molecule has 0 radical (unpaired) electrons. The Morgan fingerprint density at radius 1 is 1.19 bits per heavy atom. The molecule has 0 aromatic heterocycles. The predicted octanol–water partition coefficient (Wildman–Crippen LogP) is 1.59. The zero-order valence-electron chi connectivity index (χ0n) is 11.1. The zero-order chi connectivity index (χ0) is 16.8. The van der Waals surface area contributed by atoms with Crippen LogP contribution in [0.2, 0.25) is 0 Å². The van der Waals surface area contributed by atoms with Crippen molar-refractivity contribution < 1.29 is 24.9 Å². The Morgan fingerprint density at radius 2 is 1.52 bits per heavy atom. The van der Waals surface area contributed by atoms with Gasteiger partial charge in [0.2, 0.25) is 0 Å². The van der Waals surface area contributed by atoms with E-state index in [2.05, 4.69) is 5.92 Å². The van der Waals surface area contributed by atoms with Crippen LogP contribution in [-0.4, -0.2) is 31.6 Å². The number of aromatic carboxylic acids is 1. The first kappa shape index (κ1) is 18.0. The van der Waals surface area contributed by atoms with Gasteiger partial charge in [-0.15, -0.1) is 6.42 Å². The van der Waals surface area contributed by atoms with Crippen molar-refractivity contribution in [2.45, 2.75) is 19.4 Å². The maximum absolute atomic E-state index is 10.5. The number of carboxylic acids is 1. The fourth-order valence-corrected chi connectivity index (χ4v) is 0.929. The lowest BCUT2D eigenvalue weighted by Gasteiger charge is -2.04. The van der Waals surface area contributed by atoms with E-state index >= 15 is 0 Å². The van der Waals surface area contributed by atoms with Crippen molar-refractivity contribution in [1.82, 2.24) is 0 Å². The summed E-state index contributed by atoms with van der Waals surface area (Å²) in [5.74, 6) is 0.703. The van der Waals surface area contributed by atoms with Crippen LogP contribution in [0.25, 0.3) is 0 Å². The molecule has 0 unspecified atom stereocenters. The van der Waals surface area contributed by atoms with Gasteiger partial charge in [0.25, 0.3) is 11.4 Å². The van der Waals surface area contributed by atoms with Crippen molar-refractivity contribution in [2.24, 2.45) is 0 Å². The molecule has 0 aliphatic heterocycles. The summed E-state index contributed by atoms with van der Waals surface area (Å²) in [5, 5.41) is 37.8. The maximum atomic E-state index is 10.5. The van der Waals surface area contributed by atoms with Gasteiger partial charge >= 0.3 is 5.97 Å². The third-order valence-electron chi connectivity index (χ3n) is 1.92. The van der Waals surface area contributed by atoms with Gasteiger partial charge < -0.3 is 10.2 Å². The highest BCUT2D eigenvalue weighted by molar-refractivity contribution is 5.89. The summed E-state index contributed by atoms with van der Waals surface area (Å²) in [6, 6.07) is 2.22. The second-order valence-electron chi connectivity index (χ2n) is 4.26. The van der Waals surface area contributed by atoms with Crippen molar-refractivity contribution in [3.05, 3.63) is 44.0 Å². The van der Waals surface area contributed by atoms with Gasteiger partial charge in [-0.1, -0.05) is 5.92 Å². The fraction of sp³-hybridized carbons (Fsp3) is 0.250. The van der Waals surface area contributed by atoms with Crippen LogP contribution in [0.4, 0.5) is 11.4 Å². The van der Waals surface area contributed by atoms with E-state index in [-0.39, 0.29) is 0 Å². The summed E-state index contributed by atoms with van der Waals surface area (Å²) < 4.78 is 0. The van der Waals surface area contributed by atoms with Gasteiger partial charge in [-0.25, -0.2) is 4.79 Å². The molecule has 1 aromatic carbocycles. The van der Waals surface area contributed by atoms with E-state index < -0.39 is 38.4 Å². The fourth-order valence-electron chi connectivity index (χ4n) is 0.929. The number of non-ortho nitro benzene ring substituents is 2. The van der Waals surface area contributed by atoms with Gasteiger partial charge in [-0.05, 0) is 13.8 Å². The van der Waals surface area contributed by atoms with Crippen LogP contribution in [0.15, 0.2) is 18.2 Å². The Morgan fingerprint density at radius 3 is 1.71 bits per heavy atom. The monoisotopic (exact) mass is 296 g/mol. The smallest absolute Gasteiger partial charge is 0.336 e. The maximum Gasteiger partial charge on any atom is 0.336 e. The summed E-state index contributed by atoms with van der Waals surface area (Å²) in [7, 11) is 0. The number of nitro benzene ring substituents is 2. The summed E-state index contributed by atoms with van der Waals surface area (Å²) >= 11 is 0. The van der Waals surface area contributed by atoms with E-state index in [1.54, 1.807) is 13.8 Å². The van der Waals surface area contributed by atoms with Crippen molar-refractivity contribution in [3.63, 3.8) is 0 Å². The van der Waals surface area contributed by atoms with Gasteiger partial charge in [-0.3, -0.25) is 20.2 Å². The molecule has 1 rings (SSSR count). The van der Waals surface area contributed by atoms with Gasteiger partial charge in [-0.2, -0.15) is 0 Å². The molecule has 112 valence electrons. The molecule has 0 heterocycles. The Kier molecular flexibility index (Phi) is 5.98. The number of carbonyl (C=O) groups is 1. The molecule has 2 N–H and O–H groups in total. The lowest BCUT2D eigenvalue weighted by atomic mass is 10.2. The molecular weight excluding hydrogens is 284 g/mol. The van der Waals surface area contributed by atoms with E-state index in [4.69, 9.17) is 16.6 Å². The summed E-state index contributed by atoms with van der Waals surface area (Å²) in [6.45, 7) is 3.12. The number of carboxylic acid groups (broad SMARTS) is 1. The molecule has 9 nitrogen and oxygen atoms in total. The second-order valence-corrected chi connectivity index (χ2v) is 4.26. The first-order valence-corrected chi connectivity index (χ1v) is 5.35. The highest BCUT2D eigenvalue weighted by atomic mass is 16.6. The van der Waals surface area contributed by atoms with E-state index in [0.717, 1.165) is 12.1 Å². The number of aliphatic hydroxyl groups is 1. The average Bonchev–Trinajstić information content (AvgIpc) is 2.37. The molecule has 0 saturated heterocycles. The van der Waals surface area contributed by atoms with Gasteiger partial charge in [0.1, 0.15) is 5.60 Å². The number of terminal acetylenes is 1. The quantitative estimate of drug-likeness (QED) is 0.489. The van der Waals surface area contributed by atoms with Crippen molar-refractivity contribution in [1.29, 1.82) is 0 Å². The van der Waals surface area contributed by atoms with Crippen molar-refractivity contribution in [2.75, 3.05) is 0 Å². The normalized spacial score (nSPS) is 9.81. The standard InChI is InChI=1S/C7H4N2O6.C5H8O/c10-7(11)4-1-5(8(12)13)3-6(2-4)9(14)15;1-4-5(2,3)6/h1-3H,(H,10,11);1,6H,2-3H3.